The van der Waals surface area contributed by atoms with Crippen molar-refractivity contribution in [1.82, 2.24) is 14.7 Å². The van der Waals surface area contributed by atoms with Crippen LogP contribution in [0.2, 0.25) is 0 Å². The summed E-state index contributed by atoms with van der Waals surface area (Å²) in [4.78, 5) is 16.5. The molecule has 0 aliphatic rings. The minimum Gasteiger partial charge on any atom is -0.489 e. The zero-order valence-electron chi connectivity index (χ0n) is 15.0. The van der Waals surface area contributed by atoms with Crippen LogP contribution in [0.1, 0.15) is 21.6 Å². The van der Waals surface area contributed by atoms with Gasteiger partial charge >= 0.3 is 0 Å². The molecule has 0 bridgehead atoms. The normalized spacial score (nSPS) is 10.8. The third-order valence-electron chi connectivity index (χ3n) is 4.35. The molecule has 2 heterocycles. The first-order chi connectivity index (χ1) is 13.7. The number of amides is 1. The molecule has 5 nitrogen and oxygen atoms in total. The number of hydrogen-bond donors (Lipinski definition) is 1. The third kappa shape index (κ3) is 4.01. The predicted molar refractivity (Wildman–Crippen MR) is 104 cm³/mol. The Kier molecular flexibility index (Phi) is 5.01. The molecule has 0 spiro atoms. The maximum Gasteiger partial charge on any atom is 0.270 e. The molecule has 0 fully saturated rings. The van der Waals surface area contributed by atoms with E-state index in [0.717, 1.165) is 11.1 Å². The van der Waals surface area contributed by atoms with E-state index in [-0.39, 0.29) is 18.3 Å². The molecular weight excluding hydrogens is 357 g/mol. The van der Waals surface area contributed by atoms with E-state index < -0.39 is 0 Å². The number of nitrogens with zero attached hydrogens (tertiary/aromatic N) is 2. The minimum atomic E-state index is -0.293. The number of ether oxygens (including phenoxy) is 1. The Labute approximate surface area is 161 Å². The quantitative estimate of drug-likeness (QED) is 0.555. The van der Waals surface area contributed by atoms with Crippen molar-refractivity contribution in [3.63, 3.8) is 0 Å². The van der Waals surface area contributed by atoms with Gasteiger partial charge in [0.2, 0.25) is 0 Å². The summed E-state index contributed by atoms with van der Waals surface area (Å²) in [6.07, 6.45) is 3.48. The van der Waals surface area contributed by atoms with Crippen molar-refractivity contribution in [1.29, 1.82) is 0 Å². The summed E-state index contributed by atoms with van der Waals surface area (Å²) in [5, 5.41) is 2.86. The number of nitrogens with one attached hydrogen (secondary N) is 1. The van der Waals surface area contributed by atoms with Gasteiger partial charge in [-0.15, -0.1) is 0 Å². The van der Waals surface area contributed by atoms with E-state index >= 15 is 0 Å². The van der Waals surface area contributed by atoms with Crippen molar-refractivity contribution in [2.45, 2.75) is 13.2 Å². The van der Waals surface area contributed by atoms with Gasteiger partial charge in [-0.05, 0) is 42.0 Å². The Morgan fingerprint density at radius 2 is 1.96 bits per heavy atom. The molecule has 4 rings (SSSR count). The van der Waals surface area contributed by atoms with Crippen molar-refractivity contribution in [2.24, 2.45) is 0 Å². The number of hydrogen-bond acceptors (Lipinski definition) is 3. The molecule has 0 aliphatic heterocycles. The van der Waals surface area contributed by atoms with Crippen LogP contribution in [0.25, 0.3) is 5.52 Å². The van der Waals surface area contributed by atoms with Crippen LogP contribution >= 0.6 is 0 Å². The van der Waals surface area contributed by atoms with Gasteiger partial charge in [0, 0.05) is 23.8 Å². The van der Waals surface area contributed by atoms with E-state index in [1.54, 1.807) is 36.7 Å². The van der Waals surface area contributed by atoms with Gasteiger partial charge < -0.3 is 14.5 Å². The van der Waals surface area contributed by atoms with Gasteiger partial charge in [0.25, 0.3) is 5.91 Å². The van der Waals surface area contributed by atoms with Crippen molar-refractivity contribution < 1.29 is 13.9 Å². The van der Waals surface area contributed by atoms with Gasteiger partial charge in [-0.3, -0.25) is 4.79 Å². The Morgan fingerprint density at radius 3 is 2.86 bits per heavy atom. The molecule has 0 aliphatic carbocycles. The second-order valence-corrected chi connectivity index (χ2v) is 6.32. The van der Waals surface area contributed by atoms with Crippen molar-refractivity contribution in [3.8, 4) is 5.75 Å². The average Bonchev–Trinajstić information content (AvgIpc) is 3.19. The molecule has 140 valence electrons. The summed E-state index contributed by atoms with van der Waals surface area (Å²) in [5.41, 5.74) is 2.64. The fourth-order valence-corrected chi connectivity index (χ4v) is 2.85. The molecule has 2 aromatic carbocycles. The van der Waals surface area contributed by atoms with Crippen molar-refractivity contribution in [3.05, 3.63) is 102 Å². The highest BCUT2D eigenvalue weighted by Crippen LogP contribution is 2.16. The highest BCUT2D eigenvalue weighted by Gasteiger charge is 2.08. The van der Waals surface area contributed by atoms with E-state index in [4.69, 9.17) is 4.74 Å². The largest absolute Gasteiger partial charge is 0.489 e. The first-order valence-corrected chi connectivity index (χ1v) is 8.85. The van der Waals surface area contributed by atoms with Gasteiger partial charge in [-0.25, -0.2) is 9.37 Å². The minimum absolute atomic E-state index is 0.143. The average molecular weight is 375 g/mol. The molecular formula is C22H18FN3O2. The number of aromatic nitrogens is 2. The molecule has 1 N–H and O–H groups in total. The fourth-order valence-electron chi connectivity index (χ4n) is 2.85. The highest BCUT2D eigenvalue weighted by molar-refractivity contribution is 5.93. The maximum absolute atomic E-state index is 13.7. The van der Waals surface area contributed by atoms with Crippen LogP contribution in [-0.2, 0) is 13.2 Å². The number of rotatable bonds is 6. The molecule has 0 unspecified atom stereocenters. The van der Waals surface area contributed by atoms with E-state index in [2.05, 4.69) is 10.3 Å². The first-order valence-electron chi connectivity index (χ1n) is 8.85. The topological polar surface area (TPSA) is 55.6 Å². The smallest absolute Gasteiger partial charge is 0.270 e. The van der Waals surface area contributed by atoms with Crippen LogP contribution in [0.15, 0.2) is 79.3 Å². The van der Waals surface area contributed by atoms with E-state index in [1.165, 1.54) is 6.07 Å². The lowest BCUT2D eigenvalue weighted by atomic mass is 10.2. The number of halogens is 1. The van der Waals surface area contributed by atoms with Crippen LogP contribution in [0, 0.1) is 5.82 Å². The zero-order chi connectivity index (χ0) is 19.3. The van der Waals surface area contributed by atoms with Gasteiger partial charge in [-0.2, -0.15) is 0 Å². The Morgan fingerprint density at radius 1 is 1.07 bits per heavy atom. The standard InChI is InChI=1S/C22H18FN3O2/c23-20-9-2-1-6-17(20)14-28-19-8-3-5-16(11-19)13-24-22(27)21-12-18-7-4-10-26(18)15-25-21/h1-12,15H,13-14H2,(H,24,27). The summed E-state index contributed by atoms with van der Waals surface area (Å²) in [6.45, 7) is 0.480. The molecule has 28 heavy (non-hydrogen) atoms. The van der Waals surface area contributed by atoms with E-state index in [0.29, 0.717) is 23.6 Å². The first kappa shape index (κ1) is 17.7. The molecule has 0 saturated heterocycles. The molecule has 6 heteroatoms. The molecule has 0 atom stereocenters. The fraction of sp³-hybridized carbons (Fsp3) is 0.0909. The van der Waals surface area contributed by atoms with Crippen LogP contribution in [-0.4, -0.2) is 15.3 Å². The molecule has 2 aromatic heterocycles. The lowest BCUT2D eigenvalue weighted by Gasteiger charge is -2.10. The lowest BCUT2D eigenvalue weighted by Crippen LogP contribution is -2.24. The van der Waals surface area contributed by atoms with Crippen molar-refractivity contribution in [2.75, 3.05) is 0 Å². The van der Waals surface area contributed by atoms with Crippen LogP contribution in [0.3, 0.4) is 0 Å². The summed E-state index contributed by atoms with van der Waals surface area (Å²) < 4.78 is 21.2. The van der Waals surface area contributed by atoms with Gasteiger partial charge in [-0.1, -0.05) is 30.3 Å². The molecule has 1 amide bonds. The van der Waals surface area contributed by atoms with Crippen molar-refractivity contribution >= 4 is 11.4 Å². The Balaban J connectivity index is 1.37. The van der Waals surface area contributed by atoms with Crippen LogP contribution < -0.4 is 10.1 Å². The van der Waals surface area contributed by atoms with Crippen LogP contribution in [0.5, 0.6) is 5.75 Å². The second-order valence-electron chi connectivity index (χ2n) is 6.32. The van der Waals surface area contributed by atoms with Gasteiger partial charge in [0.05, 0.1) is 6.33 Å². The maximum atomic E-state index is 13.7. The Bertz CT molecular complexity index is 1120. The summed E-state index contributed by atoms with van der Waals surface area (Å²) in [5.74, 6) is 0.0717. The molecule has 4 aromatic rings. The van der Waals surface area contributed by atoms with E-state index in [9.17, 15) is 9.18 Å². The molecule has 0 saturated carbocycles. The Hall–Kier alpha value is -3.67. The summed E-state index contributed by atoms with van der Waals surface area (Å²) in [6, 6.07) is 19.4. The SMILES string of the molecule is O=C(NCc1cccc(OCc2ccccc2F)c1)c1cc2cccn2cn1. The third-order valence-corrected chi connectivity index (χ3v) is 4.35. The number of fused-ring (bicyclic) bond motifs is 1. The predicted octanol–water partition coefficient (Wildman–Crippen LogP) is 3.98. The number of carbonyl (C=O) groups excluding carboxylic acids is 1. The van der Waals surface area contributed by atoms with Crippen LogP contribution in [0.4, 0.5) is 4.39 Å². The second kappa shape index (κ2) is 7.92. The van der Waals surface area contributed by atoms with Gasteiger partial charge in [0.15, 0.2) is 0 Å². The van der Waals surface area contributed by atoms with Gasteiger partial charge in [0.1, 0.15) is 23.9 Å². The lowest BCUT2D eigenvalue weighted by molar-refractivity contribution is 0.0946. The summed E-state index contributed by atoms with van der Waals surface area (Å²) >= 11 is 0. The summed E-state index contributed by atoms with van der Waals surface area (Å²) in [7, 11) is 0. The van der Waals surface area contributed by atoms with E-state index in [1.807, 2.05) is 40.9 Å². The highest BCUT2D eigenvalue weighted by atomic mass is 19.1. The molecule has 0 radical (unpaired) electrons. The zero-order valence-corrected chi connectivity index (χ0v) is 15.0. The number of benzene rings is 2. The monoisotopic (exact) mass is 375 g/mol. The number of carbonyl (C=O) groups is 1.